The fourth-order valence-electron chi connectivity index (χ4n) is 1.12. The Balaban J connectivity index is 2.89. The summed E-state index contributed by atoms with van der Waals surface area (Å²) in [4.78, 5) is 10.5. The maximum Gasteiger partial charge on any atom is 0.152 e. The van der Waals surface area contributed by atoms with Gasteiger partial charge >= 0.3 is 0 Å². The van der Waals surface area contributed by atoms with E-state index in [0.29, 0.717) is 16.2 Å². The molecule has 0 radical (unpaired) electrons. The van der Waals surface area contributed by atoms with Crippen LogP contribution >= 0.6 is 11.6 Å². The van der Waals surface area contributed by atoms with Gasteiger partial charge in [-0.2, -0.15) is 5.10 Å². The number of H-pyrrole nitrogens is 1. The summed E-state index contributed by atoms with van der Waals surface area (Å²) in [6, 6.07) is 5.29. The Morgan fingerprint density at radius 3 is 3.08 bits per heavy atom. The third-order valence-corrected chi connectivity index (χ3v) is 1.98. The number of benzene rings is 1. The minimum atomic E-state index is 0.466. The number of aldehydes is 1. The van der Waals surface area contributed by atoms with Gasteiger partial charge < -0.3 is 0 Å². The van der Waals surface area contributed by atoms with Crippen molar-refractivity contribution >= 4 is 28.8 Å². The summed E-state index contributed by atoms with van der Waals surface area (Å²) in [5, 5.41) is 7.75. The maximum atomic E-state index is 10.5. The number of rotatable bonds is 1. The number of carbonyl (C=O) groups is 1. The van der Waals surface area contributed by atoms with Crippen molar-refractivity contribution in [2.24, 2.45) is 0 Å². The Bertz CT molecular complexity index is 436. The first kappa shape index (κ1) is 7.31. The minimum Gasteiger partial charge on any atom is -0.298 e. The van der Waals surface area contributed by atoms with Crippen LogP contribution < -0.4 is 0 Å². The van der Waals surface area contributed by atoms with E-state index < -0.39 is 0 Å². The topological polar surface area (TPSA) is 45.8 Å². The van der Waals surface area contributed by atoms with Gasteiger partial charge in [0, 0.05) is 10.9 Å². The second-order valence-corrected chi connectivity index (χ2v) is 2.78. The van der Waals surface area contributed by atoms with Gasteiger partial charge in [-0.3, -0.25) is 9.89 Å². The zero-order valence-electron chi connectivity index (χ0n) is 6.04. The molecule has 0 fully saturated rings. The van der Waals surface area contributed by atoms with Crippen LogP contribution in [-0.4, -0.2) is 16.5 Å². The average Bonchev–Trinajstić information content (AvgIpc) is 2.48. The van der Waals surface area contributed by atoms with Crippen LogP contribution in [0.25, 0.3) is 10.9 Å². The molecule has 0 amide bonds. The van der Waals surface area contributed by atoms with Gasteiger partial charge in [0.2, 0.25) is 0 Å². The average molecular weight is 181 g/mol. The number of hydrogen-bond donors (Lipinski definition) is 1. The molecule has 4 heteroatoms. The Hall–Kier alpha value is -1.35. The van der Waals surface area contributed by atoms with Gasteiger partial charge in [0.15, 0.2) is 6.29 Å². The molecular formula is C8H5ClN2O. The lowest BCUT2D eigenvalue weighted by molar-refractivity contribution is 0.112. The summed E-state index contributed by atoms with van der Waals surface area (Å²) in [6.07, 6.45) is 0.763. The number of aromatic amines is 1. The van der Waals surface area contributed by atoms with E-state index in [2.05, 4.69) is 10.2 Å². The van der Waals surface area contributed by atoms with Crippen molar-refractivity contribution in [1.29, 1.82) is 0 Å². The van der Waals surface area contributed by atoms with Crippen molar-refractivity contribution in [2.75, 3.05) is 0 Å². The number of fused-ring (bicyclic) bond motifs is 1. The molecule has 0 bridgehead atoms. The van der Waals surface area contributed by atoms with Gasteiger partial charge in [0.1, 0.15) is 10.7 Å². The lowest BCUT2D eigenvalue weighted by Crippen LogP contribution is -1.80. The number of aromatic nitrogens is 2. The van der Waals surface area contributed by atoms with Crippen molar-refractivity contribution in [3.63, 3.8) is 0 Å². The van der Waals surface area contributed by atoms with E-state index in [1.807, 2.05) is 6.07 Å². The monoisotopic (exact) mass is 180 g/mol. The molecule has 0 atom stereocenters. The van der Waals surface area contributed by atoms with Crippen molar-refractivity contribution in [3.05, 3.63) is 28.9 Å². The molecule has 0 spiro atoms. The van der Waals surface area contributed by atoms with Crippen molar-refractivity contribution in [3.8, 4) is 0 Å². The molecule has 0 aliphatic carbocycles. The molecule has 0 saturated carbocycles. The molecule has 1 heterocycles. The van der Waals surface area contributed by atoms with Gasteiger partial charge in [-0.25, -0.2) is 0 Å². The van der Waals surface area contributed by atoms with Crippen molar-refractivity contribution in [1.82, 2.24) is 10.2 Å². The van der Waals surface area contributed by atoms with E-state index in [-0.39, 0.29) is 0 Å². The van der Waals surface area contributed by atoms with Crippen LogP contribution in [0.3, 0.4) is 0 Å². The molecule has 0 saturated heterocycles. The molecular weight excluding hydrogens is 176 g/mol. The predicted octanol–water partition coefficient (Wildman–Crippen LogP) is 2.03. The molecule has 1 N–H and O–H groups in total. The zero-order chi connectivity index (χ0) is 8.55. The van der Waals surface area contributed by atoms with Crippen molar-refractivity contribution < 1.29 is 4.79 Å². The van der Waals surface area contributed by atoms with Crippen LogP contribution in [0.15, 0.2) is 18.2 Å². The lowest BCUT2D eigenvalue weighted by atomic mass is 10.2. The van der Waals surface area contributed by atoms with Gasteiger partial charge in [-0.15, -0.1) is 0 Å². The van der Waals surface area contributed by atoms with E-state index in [1.54, 1.807) is 12.1 Å². The molecule has 2 aromatic rings. The smallest absolute Gasteiger partial charge is 0.152 e. The number of hydrogen-bond acceptors (Lipinski definition) is 2. The molecule has 3 nitrogen and oxygen atoms in total. The van der Waals surface area contributed by atoms with E-state index in [1.165, 1.54) is 0 Å². The second kappa shape index (κ2) is 2.60. The number of para-hydroxylation sites is 1. The summed E-state index contributed by atoms with van der Waals surface area (Å²) in [7, 11) is 0. The third-order valence-electron chi connectivity index (χ3n) is 1.70. The fraction of sp³-hybridized carbons (Fsp3) is 0. The summed E-state index contributed by atoms with van der Waals surface area (Å²) in [6.45, 7) is 0. The van der Waals surface area contributed by atoms with Crippen LogP contribution in [-0.2, 0) is 0 Å². The summed E-state index contributed by atoms with van der Waals surface area (Å²) < 4.78 is 0. The number of nitrogens with one attached hydrogen (secondary N) is 1. The van der Waals surface area contributed by atoms with Crippen LogP contribution in [0.4, 0.5) is 0 Å². The minimum absolute atomic E-state index is 0.466. The van der Waals surface area contributed by atoms with E-state index in [9.17, 15) is 4.79 Å². The first-order valence-corrected chi connectivity index (χ1v) is 3.78. The van der Waals surface area contributed by atoms with Crippen molar-refractivity contribution in [2.45, 2.75) is 0 Å². The summed E-state index contributed by atoms with van der Waals surface area (Å²) >= 11 is 5.77. The van der Waals surface area contributed by atoms with E-state index >= 15 is 0 Å². The highest BCUT2D eigenvalue weighted by molar-refractivity contribution is 6.34. The van der Waals surface area contributed by atoms with Gasteiger partial charge in [-0.05, 0) is 12.1 Å². The molecule has 0 unspecified atom stereocenters. The third kappa shape index (κ3) is 0.905. The predicted molar refractivity (Wildman–Crippen MR) is 46.5 cm³/mol. The van der Waals surface area contributed by atoms with Crippen LogP contribution in [0.2, 0.25) is 5.15 Å². The Kier molecular flexibility index (Phi) is 1.59. The normalized spacial score (nSPS) is 10.4. The number of carbonyl (C=O) groups excluding carboxylic acids is 1. The van der Waals surface area contributed by atoms with Gasteiger partial charge in [0.25, 0.3) is 0 Å². The number of nitrogens with zero attached hydrogens (tertiary/aromatic N) is 1. The first-order valence-electron chi connectivity index (χ1n) is 3.40. The summed E-state index contributed by atoms with van der Waals surface area (Å²) in [5.74, 6) is 0. The van der Waals surface area contributed by atoms with Crippen LogP contribution in [0.1, 0.15) is 10.4 Å². The lowest BCUT2D eigenvalue weighted by Gasteiger charge is -1.90. The molecule has 0 aliphatic heterocycles. The Labute approximate surface area is 73.3 Å². The quantitative estimate of drug-likeness (QED) is 0.683. The van der Waals surface area contributed by atoms with E-state index in [0.717, 1.165) is 11.7 Å². The zero-order valence-corrected chi connectivity index (χ0v) is 6.80. The number of halogens is 1. The highest BCUT2D eigenvalue weighted by Crippen LogP contribution is 2.21. The molecule has 2 rings (SSSR count). The maximum absolute atomic E-state index is 10.5. The SMILES string of the molecule is O=Cc1cccc2c(Cl)[nH]nc12. The van der Waals surface area contributed by atoms with Crippen LogP contribution in [0, 0.1) is 0 Å². The summed E-state index contributed by atoms with van der Waals surface area (Å²) in [5.41, 5.74) is 1.17. The van der Waals surface area contributed by atoms with E-state index in [4.69, 9.17) is 11.6 Å². The standard InChI is InChI=1S/C8H5ClN2O/c9-8-6-3-1-2-5(4-12)7(6)10-11-8/h1-4H,(H,10,11). The van der Waals surface area contributed by atoms with Crippen LogP contribution in [0.5, 0.6) is 0 Å². The highest BCUT2D eigenvalue weighted by Gasteiger charge is 2.05. The van der Waals surface area contributed by atoms with Gasteiger partial charge in [-0.1, -0.05) is 17.7 Å². The molecule has 12 heavy (non-hydrogen) atoms. The fourth-order valence-corrected chi connectivity index (χ4v) is 1.32. The Morgan fingerprint density at radius 2 is 2.33 bits per heavy atom. The van der Waals surface area contributed by atoms with Gasteiger partial charge in [0.05, 0.1) is 0 Å². The largest absolute Gasteiger partial charge is 0.298 e. The molecule has 1 aromatic heterocycles. The molecule has 60 valence electrons. The second-order valence-electron chi connectivity index (χ2n) is 2.40. The Morgan fingerprint density at radius 1 is 1.50 bits per heavy atom. The molecule has 1 aromatic carbocycles. The first-order chi connectivity index (χ1) is 5.83. The highest BCUT2D eigenvalue weighted by atomic mass is 35.5. The molecule has 0 aliphatic rings.